The molecule has 0 fully saturated rings. The SMILES string of the molecule is CC(=O)SC(CC(=O)N[C@@H](C)C(=O)O)C(=O)c1ccc(Br)cc1. The van der Waals surface area contributed by atoms with E-state index >= 15 is 0 Å². The number of aliphatic carboxylic acids is 1. The number of rotatable bonds is 7. The molecule has 2 atom stereocenters. The second-order valence-electron chi connectivity index (χ2n) is 4.80. The molecule has 8 heteroatoms. The normalized spacial score (nSPS) is 13.0. The molecule has 1 unspecified atom stereocenters. The number of nitrogens with one attached hydrogen (secondary N) is 1. The number of benzene rings is 1. The van der Waals surface area contributed by atoms with E-state index in [0.29, 0.717) is 5.56 Å². The van der Waals surface area contributed by atoms with Gasteiger partial charge in [0, 0.05) is 23.4 Å². The van der Waals surface area contributed by atoms with E-state index in [9.17, 15) is 19.2 Å². The molecule has 2 N–H and O–H groups in total. The molecule has 1 amide bonds. The van der Waals surface area contributed by atoms with Gasteiger partial charge in [-0.2, -0.15) is 0 Å². The molecule has 0 heterocycles. The molecule has 6 nitrogen and oxygen atoms in total. The van der Waals surface area contributed by atoms with Gasteiger partial charge in [-0.05, 0) is 19.1 Å². The van der Waals surface area contributed by atoms with Gasteiger partial charge in [-0.3, -0.25) is 19.2 Å². The van der Waals surface area contributed by atoms with Crippen LogP contribution in [0.4, 0.5) is 0 Å². The maximum Gasteiger partial charge on any atom is 0.325 e. The molecule has 0 aliphatic carbocycles. The fraction of sp³-hybridized carbons (Fsp3) is 0.333. The van der Waals surface area contributed by atoms with Crippen molar-refractivity contribution in [3.63, 3.8) is 0 Å². The molecular weight excluding hydrogens is 386 g/mol. The number of hydrogen-bond donors (Lipinski definition) is 2. The molecule has 0 saturated carbocycles. The first kappa shape index (κ1) is 19.4. The van der Waals surface area contributed by atoms with Gasteiger partial charge in [0.1, 0.15) is 6.04 Å². The minimum Gasteiger partial charge on any atom is -0.480 e. The Morgan fingerprint density at radius 1 is 1.22 bits per heavy atom. The zero-order chi connectivity index (χ0) is 17.6. The second-order valence-corrected chi connectivity index (χ2v) is 7.10. The van der Waals surface area contributed by atoms with Gasteiger partial charge in [0.25, 0.3) is 0 Å². The van der Waals surface area contributed by atoms with Crippen molar-refractivity contribution in [1.82, 2.24) is 5.32 Å². The lowest BCUT2D eigenvalue weighted by molar-refractivity contribution is -0.141. The van der Waals surface area contributed by atoms with Crippen molar-refractivity contribution in [2.45, 2.75) is 31.6 Å². The van der Waals surface area contributed by atoms with Gasteiger partial charge in [-0.1, -0.05) is 39.8 Å². The van der Waals surface area contributed by atoms with Gasteiger partial charge < -0.3 is 10.4 Å². The molecule has 0 aliphatic rings. The molecule has 1 rings (SSSR count). The summed E-state index contributed by atoms with van der Waals surface area (Å²) < 4.78 is 0.804. The Bertz CT molecular complexity index is 617. The number of halogens is 1. The average Bonchev–Trinajstić information content (AvgIpc) is 2.45. The number of carboxylic acid groups (broad SMARTS) is 1. The van der Waals surface area contributed by atoms with Gasteiger partial charge >= 0.3 is 5.97 Å². The first-order valence-corrected chi connectivity index (χ1v) is 8.37. The van der Waals surface area contributed by atoms with Gasteiger partial charge in [0.05, 0.1) is 5.25 Å². The Labute approximate surface area is 146 Å². The summed E-state index contributed by atoms with van der Waals surface area (Å²) in [4.78, 5) is 46.4. The van der Waals surface area contributed by atoms with Crippen LogP contribution in [-0.4, -0.2) is 39.2 Å². The summed E-state index contributed by atoms with van der Waals surface area (Å²) in [5.41, 5.74) is 0.381. The minimum atomic E-state index is -1.17. The van der Waals surface area contributed by atoms with Crippen LogP contribution >= 0.6 is 27.7 Å². The molecular formula is C15H16BrNO5S. The molecule has 124 valence electrons. The lowest BCUT2D eigenvalue weighted by atomic mass is 10.1. The molecule has 0 bridgehead atoms. The summed E-state index contributed by atoms with van der Waals surface area (Å²) >= 11 is 4.02. The number of amides is 1. The molecule has 1 aromatic carbocycles. The highest BCUT2D eigenvalue weighted by Crippen LogP contribution is 2.22. The van der Waals surface area contributed by atoms with E-state index in [2.05, 4.69) is 21.2 Å². The predicted molar refractivity (Wildman–Crippen MR) is 90.4 cm³/mol. The average molecular weight is 402 g/mol. The summed E-state index contributed by atoms with van der Waals surface area (Å²) in [6.07, 6.45) is -0.267. The highest BCUT2D eigenvalue weighted by molar-refractivity contribution is 9.10. The fourth-order valence-corrected chi connectivity index (χ4v) is 2.86. The van der Waals surface area contributed by atoms with Gasteiger partial charge in [0.2, 0.25) is 5.91 Å². The van der Waals surface area contributed by atoms with E-state index in [1.165, 1.54) is 13.8 Å². The third-order valence-electron chi connectivity index (χ3n) is 2.85. The summed E-state index contributed by atoms with van der Waals surface area (Å²) in [5.74, 6) is -2.12. The third-order valence-corrected chi connectivity index (χ3v) is 4.37. The monoisotopic (exact) mass is 401 g/mol. The van der Waals surface area contributed by atoms with Crippen LogP contribution in [0.1, 0.15) is 30.6 Å². The van der Waals surface area contributed by atoms with E-state index in [4.69, 9.17) is 5.11 Å². The van der Waals surface area contributed by atoms with Gasteiger partial charge in [0.15, 0.2) is 10.9 Å². The van der Waals surface area contributed by atoms with Crippen molar-refractivity contribution in [3.05, 3.63) is 34.3 Å². The zero-order valence-electron chi connectivity index (χ0n) is 12.5. The number of carboxylic acids is 1. The topological polar surface area (TPSA) is 101 Å². The van der Waals surface area contributed by atoms with Crippen LogP contribution in [0.2, 0.25) is 0 Å². The van der Waals surface area contributed by atoms with E-state index in [1.54, 1.807) is 24.3 Å². The first-order valence-electron chi connectivity index (χ1n) is 6.70. The van der Waals surface area contributed by atoms with Crippen molar-refractivity contribution in [3.8, 4) is 0 Å². The number of ketones is 1. The highest BCUT2D eigenvalue weighted by Gasteiger charge is 2.26. The number of thioether (sulfide) groups is 1. The summed E-state index contributed by atoms with van der Waals surface area (Å²) in [6.45, 7) is 2.63. The number of carbonyl (C=O) groups excluding carboxylic acids is 3. The maximum absolute atomic E-state index is 12.5. The first-order chi connectivity index (χ1) is 10.7. The molecule has 0 aliphatic heterocycles. The summed E-state index contributed by atoms with van der Waals surface area (Å²) in [5, 5.41) is 9.87. The molecule has 0 saturated heterocycles. The summed E-state index contributed by atoms with van der Waals surface area (Å²) in [7, 11) is 0. The quantitative estimate of drug-likeness (QED) is 0.679. The third kappa shape index (κ3) is 6.54. The second kappa shape index (κ2) is 8.83. The zero-order valence-corrected chi connectivity index (χ0v) is 14.9. The molecule has 0 aromatic heterocycles. The summed E-state index contributed by atoms with van der Waals surface area (Å²) in [6, 6.07) is 5.51. The van der Waals surface area contributed by atoms with Crippen molar-refractivity contribution < 1.29 is 24.3 Å². The van der Waals surface area contributed by atoms with E-state index in [1.807, 2.05) is 0 Å². The van der Waals surface area contributed by atoms with Crippen molar-refractivity contribution in [2.24, 2.45) is 0 Å². The molecule has 0 radical (unpaired) electrons. The van der Waals surface area contributed by atoms with Crippen LogP contribution in [0.15, 0.2) is 28.7 Å². The van der Waals surface area contributed by atoms with Crippen molar-refractivity contribution in [2.75, 3.05) is 0 Å². The number of carbonyl (C=O) groups is 4. The van der Waals surface area contributed by atoms with Gasteiger partial charge in [-0.15, -0.1) is 0 Å². The minimum absolute atomic E-state index is 0.267. The highest BCUT2D eigenvalue weighted by atomic mass is 79.9. The largest absolute Gasteiger partial charge is 0.480 e. The number of hydrogen-bond acceptors (Lipinski definition) is 5. The Kier molecular flexibility index (Phi) is 7.44. The molecule has 23 heavy (non-hydrogen) atoms. The smallest absolute Gasteiger partial charge is 0.325 e. The molecule has 1 aromatic rings. The Balaban J connectivity index is 2.85. The Morgan fingerprint density at radius 2 is 1.78 bits per heavy atom. The predicted octanol–water partition coefficient (Wildman–Crippen LogP) is 2.26. The lowest BCUT2D eigenvalue weighted by Gasteiger charge is -2.15. The van der Waals surface area contributed by atoms with Crippen LogP contribution in [-0.2, 0) is 14.4 Å². The Hall–Kier alpha value is -1.67. The van der Waals surface area contributed by atoms with Crippen LogP contribution < -0.4 is 5.32 Å². The number of Topliss-reactive ketones (excluding diaryl/α,β-unsaturated/α-hetero) is 1. The van der Waals surface area contributed by atoms with Crippen LogP contribution in [0.3, 0.4) is 0 Å². The maximum atomic E-state index is 12.5. The fourth-order valence-electron chi connectivity index (χ4n) is 1.72. The van der Waals surface area contributed by atoms with E-state index in [0.717, 1.165) is 16.2 Å². The van der Waals surface area contributed by atoms with Crippen LogP contribution in [0.25, 0.3) is 0 Å². The van der Waals surface area contributed by atoms with E-state index < -0.39 is 23.2 Å². The Morgan fingerprint density at radius 3 is 2.26 bits per heavy atom. The van der Waals surface area contributed by atoms with Gasteiger partial charge in [-0.25, -0.2) is 0 Å². The van der Waals surface area contributed by atoms with Crippen LogP contribution in [0.5, 0.6) is 0 Å². The van der Waals surface area contributed by atoms with Crippen LogP contribution in [0, 0.1) is 0 Å². The van der Waals surface area contributed by atoms with E-state index in [-0.39, 0.29) is 17.3 Å². The molecule has 0 spiro atoms. The van der Waals surface area contributed by atoms with Crippen molar-refractivity contribution >= 4 is 50.5 Å². The standard InChI is InChI=1S/C15H16BrNO5S/c1-8(15(21)22)17-13(19)7-12(23-9(2)18)14(20)10-3-5-11(16)6-4-10/h3-6,8,12H,7H2,1-2H3,(H,17,19)(H,21,22)/t8-,12?/m0/s1. The lowest BCUT2D eigenvalue weighted by Crippen LogP contribution is -2.40. The van der Waals surface area contributed by atoms with Crippen molar-refractivity contribution in [1.29, 1.82) is 0 Å².